The molecule has 19 heavy (non-hydrogen) atoms. The summed E-state index contributed by atoms with van der Waals surface area (Å²) in [4.78, 5) is 4.13. The van der Waals surface area contributed by atoms with E-state index >= 15 is 0 Å². The quantitative estimate of drug-likeness (QED) is 0.667. The second-order valence-electron chi connectivity index (χ2n) is 5.46. The molecule has 2 aromatic rings. The van der Waals surface area contributed by atoms with Crippen LogP contribution in [0.4, 0.5) is 5.82 Å². The first kappa shape index (κ1) is 13.3. The molecule has 0 spiro atoms. The highest BCUT2D eigenvalue weighted by atomic mass is 15.3. The summed E-state index contributed by atoms with van der Waals surface area (Å²) in [5.74, 6) is 0.741. The van der Waals surface area contributed by atoms with Gasteiger partial charge in [-0.3, -0.25) is 5.43 Å². The van der Waals surface area contributed by atoms with Gasteiger partial charge in [-0.05, 0) is 28.7 Å². The Morgan fingerprint density at radius 3 is 2.37 bits per heavy atom. The highest BCUT2D eigenvalue weighted by Crippen LogP contribution is 2.21. The van der Waals surface area contributed by atoms with Gasteiger partial charge in [0.15, 0.2) is 0 Å². The number of benzene rings is 1. The monoisotopic (exact) mass is 253 g/mol. The molecule has 0 aliphatic rings. The lowest BCUT2D eigenvalue weighted by molar-refractivity contribution is 0.590. The minimum Gasteiger partial charge on any atom is -0.261 e. The fourth-order valence-electron chi connectivity index (χ4n) is 1.67. The van der Waals surface area contributed by atoms with E-state index in [0.717, 1.165) is 11.4 Å². The summed E-state index contributed by atoms with van der Waals surface area (Å²) in [6, 6.07) is 14.1. The lowest BCUT2D eigenvalue weighted by Gasteiger charge is -2.18. The summed E-state index contributed by atoms with van der Waals surface area (Å²) in [5.41, 5.74) is 5.47. The molecule has 0 aliphatic heterocycles. The van der Waals surface area contributed by atoms with E-state index < -0.39 is 0 Å². The number of rotatable bonds is 3. The normalized spacial score (nSPS) is 11.7. The van der Waals surface area contributed by atoms with Gasteiger partial charge >= 0.3 is 0 Å². The Kier molecular flexibility index (Phi) is 3.95. The van der Waals surface area contributed by atoms with Crippen molar-refractivity contribution in [2.24, 2.45) is 5.10 Å². The fourth-order valence-corrected chi connectivity index (χ4v) is 1.67. The number of hydrazone groups is 1. The van der Waals surface area contributed by atoms with Crippen LogP contribution in [-0.4, -0.2) is 11.2 Å². The van der Waals surface area contributed by atoms with Crippen molar-refractivity contribution in [3.8, 4) is 0 Å². The SMILES string of the molecule is CC(C)(C)c1ccc(/C=N\Nc2ccccn2)cc1. The molecule has 1 aromatic carbocycles. The standard InChI is InChI=1S/C16H19N3/c1-16(2,3)14-9-7-13(8-10-14)12-18-19-15-6-4-5-11-17-15/h4-12H,1-3H3,(H,17,19)/b18-12-. The van der Waals surface area contributed by atoms with E-state index in [9.17, 15) is 0 Å². The summed E-state index contributed by atoms with van der Waals surface area (Å²) >= 11 is 0. The number of hydrogen-bond acceptors (Lipinski definition) is 3. The molecule has 0 amide bonds. The highest BCUT2D eigenvalue weighted by Gasteiger charge is 2.12. The molecular weight excluding hydrogens is 234 g/mol. The first-order valence-corrected chi connectivity index (χ1v) is 6.36. The van der Waals surface area contributed by atoms with Crippen molar-refractivity contribution in [1.82, 2.24) is 4.98 Å². The van der Waals surface area contributed by atoms with Crippen LogP contribution in [0, 0.1) is 0 Å². The van der Waals surface area contributed by atoms with Crippen LogP contribution in [0.2, 0.25) is 0 Å². The summed E-state index contributed by atoms with van der Waals surface area (Å²) in [6.07, 6.45) is 3.52. The van der Waals surface area contributed by atoms with Crippen molar-refractivity contribution in [1.29, 1.82) is 0 Å². The lowest BCUT2D eigenvalue weighted by atomic mass is 9.87. The van der Waals surface area contributed by atoms with Crippen LogP contribution >= 0.6 is 0 Å². The van der Waals surface area contributed by atoms with E-state index in [1.165, 1.54) is 5.56 Å². The van der Waals surface area contributed by atoms with Crippen LogP contribution in [-0.2, 0) is 5.41 Å². The molecule has 3 nitrogen and oxygen atoms in total. The number of hydrogen-bond donors (Lipinski definition) is 1. The van der Waals surface area contributed by atoms with E-state index in [4.69, 9.17) is 0 Å². The van der Waals surface area contributed by atoms with Gasteiger partial charge in [0, 0.05) is 6.20 Å². The summed E-state index contributed by atoms with van der Waals surface area (Å²) < 4.78 is 0. The van der Waals surface area contributed by atoms with Crippen molar-refractivity contribution in [2.75, 3.05) is 5.43 Å². The van der Waals surface area contributed by atoms with Crippen LogP contribution in [0.15, 0.2) is 53.8 Å². The highest BCUT2D eigenvalue weighted by molar-refractivity contribution is 5.80. The molecular formula is C16H19N3. The van der Waals surface area contributed by atoms with Gasteiger partial charge in [0.1, 0.15) is 5.82 Å². The van der Waals surface area contributed by atoms with Crippen LogP contribution in [0.25, 0.3) is 0 Å². The van der Waals surface area contributed by atoms with Gasteiger partial charge in [0.25, 0.3) is 0 Å². The van der Waals surface area contributed by atoms with Gasteiger partial charge in [0.2, 0.25) is 0 Å². The minimum atomic E-state index is 0.182. The average molecular weight is 253 g/mol. The zero-order valence-corrected chi connectivity index (χ0v) is 11.6. The van der Waals surface area contributed by atoms with Crippen molar-refractivity contribution >= 4 is 12.0 Å². The van der Waals surface area contributed by atoms with Crippen LogP contribution in [0.5, 0.6) is 0 Å². The molecule has 0 saturated carbocycles. The third-order valence-corrected chi connectivity index (χ3v) is 2.83. The molecule has 0 saturated heterocycles. The van der Waals surface area contributed by atoms with Crippen LogP contribution in [0.3, 0.4) is 0 Å². The molecule has 1 aromatic heterocycles. The molecule has 3 heteroatoms. The van der Waals surface area contributed by atoms with Crippen molar-refractivity contribution in [2.45, 2.75) is 26.2 Å². The summed E-state index contributed by atoms with van der Waals surface area (Å²) in [5, 5.41) is 4.17. The van der Waals surface area contributed by atoms with Gasteiger partial charge in [-0.1, -0.05) is 51.1 Å². The van der Waals surface area contributed by atoms with Crippen LogP contribution < -0.4 is 5.43 Å². The zero-order chi connectivity index (χ0) is 13.7. The average Bonchev–Trinajstić information content (AvgIpc) is 2.39. The lowest BCUT2D eigenvalue weighted by Crippen LogP contribution is -2.10. The van der Waals surface area contributed by atoms with E-state index in [0.29, 0.717) is 0 Å². The number of anilines is 1. The molecule has 1 N–H and O–H groups in total. The molecule has 0 aliphatic carbocycles. The maximum Gasteiger partial charge on any atom is 0.146 e. The molecule has 0 bridgehead atoms. The van der Waals surface area contributed by atoms with E-state index in [1.54, 1.807) is 12.4 Å². The largest absolute Gasteiger partial charge is 0.261 e. The second-order valence-corrected chi connectivity index (χ2v) is 5.46. The second kappa shape index (κ2) is 5.65. The van der Waals surface area contributed by atoms with E-state index in [1.807, 2.05) is 18.2 Å². The minimum absolute atomic E-state index is 0.182. The van der Waals surface area contributed by atoms with Gasteiger partial charge in [0.05, 0.1) is 6.21 Å². The third kappa shape index (κ3) is 3.91. The molecule has 2 rings (SSSR count). The molecule has 0 radical (unpaired) electrons. The molecule has 0 unspecified atom stereocenters. The Bertz CT molecular complexity index is 536. The Hall–Kier alpha value is -2.16. The smallest absolute Gasteiger partial charge is 0.146 e. The van der Waals surface area contributed by atoms with Gasteiger partial charge < -0.3 is 0 Å². The maximum atomic E-state index is 4.17. The topological polar surface area (TPSA) is 37.3 Å². The van der Waals surface area contributed by atoms with E-state index in [2.05, 4.69) is 60.5 Å². The Morgan fingerprint density at radius 2 is 1.79 bits per heavy atom. The van der Waals surface area contributed by atoms with Gasteiger partial charge in [-0.2, -0.15) is 5.10 Å². The Morgan fingerprint density at radius 1 is 1.05 bits per heavy atom. The first-order chi connectivity index (χ1) is 9.05. The van der Waals surface area contributed by atoms with Crippen molar-refractivity contribution < 1.29 is 0 Å². The predicted octanol–water partition coefficient (Wildman–Crippen LogP) is 3.83. The van der Waals surface area contributed by atoms with Gasteiger partial charge in [-0.25, -0.2) is 4.98 Å². The molecule has 0 atom stereocenters. The third-order valence-electron chi connectivity index (χ3n) is 2.83. The number of aromatic nitrogens is 1. The van der Waals surface area contributed by atoms with Crippen LogP contribution in [0.1, 0.15) is 31.9 Å². The fraction of sp³-hybridized carbons (Fsp3) is 0.250. The number of nitrogens with one attached hydrogen (secondary N) is 1. The Balaban J connectivity index is 2.00. The predicted molar refractivity (Wildman–Crippen MR) is 80.6 cm³/mol. The van der Waals surface area contributed by atoms with E-state index in [-0.39, 0.29) is 5.41 Å². The molecule has 0 fully saturated rings. The van der Waals surface area contributed by atoms with Gasteiger partial charge in [-0.15, -0.1) is 0 Å². The number of pyridine rings is 1. The van der Waals surface area contributed by atoms with Crippen molar-refractivity contribution in [3.63, 3.8) is 0 Å². The zero-order valence-electron chi connectivity index (χ0n) is 11.6. The molecule has 98 valence electrons. The Labute approximate surface area is 114 Å². The van der Waals surface area contributed by atoms with Crippen molar-refractivity contribution in [3.05, 3.63) is 59.8 Å². The maximum absolute atomic E-state index is 4.17. The first-order valence-electron chi connectivity index (χ1n) is 6.36. The summed E-state index contributed by atoms with van der Waals surface area (Å²) in [6.45, 7) is 6.62. The summed E-state index contributed by atoms with van der Waals surface area (Å²) in [7, 11) is 0. The molecule has 1 heterocycles. The number of nitrogens with zero attached hydrogens (tertiary/aromatic N) is 2.